The first-order chi connectivity index (χ1) is 9.79. The van der Waals surface area contributed by atoms with Crippen LogP contribution >= 0.6 is 12.2 Å². The van der Waals surface area contributed by atoms with Crippen LogP contribution in [0.2, 0.25) is 0 Å². The van der Waals surface area contributed by atoms with Crippen molar-refractivity contribution in [1.29, 1.82) is 0 Å². The molecule has 0 aromatic carbocycles. The zero-order chi connectivity index (χ0) is 14.2. The van der Waals surface area contributed by atoms with Crippen LogP contribution in [0.5, 0.6) is 0 Å². The van der Waals surface area contributed by atoms with Gasteiger partial charge in [0.05, 0.1) is 5.69 Å². The van der Waals surface area contributed by atoms with Gasteiger partial charge >= 0.3 is 0 Å². The average molecular weight is 287 g/mol. The maximum atomic E-state index is 5.26. The summed E-state index contributed by atoms with van der Waals surface area (Å²) < 4.78 is 0. The summed E-state index contributed by atoms with van der Waals surface area (Å²) in [4.78, 5) is 12.5. The molecule has 0 aliphatic heterocycles. The van der Waals surface area contributed by atoms with Gasteiger partial charge in [0.1, 0.15) is 5.82 Å². The molecule has 20 heavy (non-hydrogen) atoms. The third-order valence-corrected chi connectivity index (χ3v) is 3.03. The minimum absolute atomic E-state index is 0.572. The molecule has 2 aromatic heterocycles. The Morgan fingerprint density at radius 3 is 2.90 bits per heavy atom. The van der Waals surface area contributed by atoms with Crippen molar-refractivity contribution in [2.75, 3.05) is 11.9 Å². The van der Waals surface area contributed by atoms with Crippen molar-refractivity contribution < 1.29 is 0 Å². The number of pyridine rings is 1. The van der Waals surface area contributed by atoms with Gasteiger partial charge in [0.2, 0.25) is 0 Å². The quantitative estimate of drug-likeness (QED) is 0.820. The van der Waals surface area contributed by atoms with Gasteiger partial charge in [0, 0.05) is 37.8 Å². The maximum absolute atomic E-state index is 5.26. The van der Waals surface area contributed by atoms with E-state index in [9.17, 15) is 0 Å². The smallest absolute Gasteiger partial charge is 0.171 e. The molecule has 0 aliphatic carbocycles. The predicted octanol–water partition coefficient (Wildman–Crippen LogP) is 1.96. The van der Waals surface area contributed by atoms with Crippen molar-refractivity contribution in [3.8, 4) is 0 Å². The Morgan fingerprint density at radius 2 is 2.15 bits per heavy atom. The highest BCUT2D eigenvalue weighted by atomic mass is 32.1. The van der Waals surface area contributed by atoms with Crippen LogP contribution in [0.25, 0.3) is 0 Å². The van der Waals surface area contributed by atoms with Gasteiger partial charge in [-0.25, -0.2) is 4.98 Å². The summed E-state index contributed by atoms with van der Waals surface area (Å²) in [5.41, 5.74) is 2.08. The number of hydrogen-bond donors (Lipinski definition) is 2. The molecular formula is C14H17N5S. The predicted molar refractivity (Wildman–Crippen MR) is 83.6 cm³/mol. The fourth-order valence-corrected chi connectivity index (χ4v) is 1.95. The van der Waals surface area contributed by atoms with E-state index >= 15 is 0 Å². The topological polar surface area (TPSA) is 62.7 Å². The number of nitrogens with zero attached hydrogens (tertiary/aromatic N) is 3. The van der Waals surface area contributed by atoms with Crippen LogP contribution in [0.4, 0.5) is 5.82 Å². The van der Waals surface area contributed by atoms with E-state index in [1.807, 2.05) is 12.1 Å². The fraction of sp³-hybridized carbons (Fsp3) is 0.286. The zero-order valence-corrected chi connectivity index (χ0v) is 12.2. The van der Waals surface area contributed by atoms with Crippen molar-refractivity contribution in [2.45, 2.75) is 19.8 Å². The Kier molecular flexibility index (Phi) is 5.37. The van der Waals surface area contributed by atoms with Crippen molar-refractivity contribution in [3.05, 3.63) is 48.2 Å². The molecule has 0 spiro atoms. The van der Waals surface area contributed by atoms with Crippen molar-refractivity contribution in [3.63, 3.8) is 0 Å². The second-order valence-electron chi connectivity index (χ2n) is 4.19. The van der Waals surface area contributed by atoms with E-state index in [4.69, 9.17) is 12.2 Å². The normalized spacial score (nSPS) is 10.1. The van der Waals surface area contributed by atoms with Crippen LogP contribution in [-0.4, -0.2) is 26.6 Å². The molecule has 0 radical (unpaired) electrons. The summed E-state index contributed by atoms with van der Waals surface area (Å²) in [7, 11) is 0. The fourth-order valence-electron chi connectivity index (χ4n) is 1.75. The van der Waals surface area contributed by atoms with Crippen molar-refractivity contribution >= 4 is 23.1 Å². The van der Waals surface area contributed by atoms with Gasteiger partial charge in [-0.1, -0.05) is 13.0 Å². The van der Waals surface area contributed by atoms with Gasteiger partial charge in [-0.2, -0.15) is 0 Å². The van der Waals surface area contributed by atoms with Crippen LogP contribution in [0.1, 0.15) is 18.2 Å². The molecule has 0 amide bonds. The second-order valence-corrected chi connectivity index (χ2v) is 4.60. The van der Waals surface area contributed by atoms with Crippen LogP contribution < -0.4 is 10.6 Å². The summed E-state index contributed by atoms with van der Waals surface area (Å²) in [6.07, 6.45) is 8.55. The monoisotopic (exact) mass is 287 g/mol. The molecule has 2 aromatic rings. The van der Waals surface area contributed by atoms with E-state index in [1.165, 1.54) is 0 Å². The van der Waals surface area contributed by atoms with Crippen LogP contribution in [0.3, 0.4) is 0 Å². The summed E-state index contributed by atoms with van der Waals surface area (Å²) >= 11 is 5.26. The SMILES string of the molecule is CCc1cccnc1NC(=S)NCCc1cnccn1. The van der Waals surface area contributed by atoms with E-state index < -0.39 is 0 Å². The molecule has 0 bridgehead atoms. The average Bonchev–Trinajstić information content (AvgIpc) is 2.49. The van der Waals surface area contributed by atoms with Crippen molar-refractivity contribution in [2.24, 2.45) is 0 Å². The Balaban J connectivity index is 1.81. The van der Waals surface area contributed by atoms with Gasteiger partial charge in [-0.3, -0.25) is 9.97 Å². The van der Waals surface area contributed by atoms with Gasteiger partial charge < -0.3 is 10.6 Å². The molecule has 0 saturated heterocycles. The zero-order valence-electron chi connectivity index (χ0n) is 11.3. The number of anilines is 1. The Hall–Kier alpha value is -2.08. The Bertz CT molecular complexity index is 559. The van der Waals surface area contributed by atoms with E-state index in [2.05, 4.69) is 32.5 Å². The summed E-state index contributed by atoms with van der Waals surface area (Å²) in [5.74, 6) is 0.812. The van der Waals surface area contributed by atoms with Gasteiger partial charge in [-0.15, -0.1) is 0 Å². The molecule has 0 saturated carbocycles. The number of aryl methyl sites for hydroxylation is 1. The minimum Gasteiger partial charge on any atom is -0.362 e. The standard InChI is InChI=1S/C14H17N5S/c1-2-11-4-3-6-17-13(11)19-14(20)18-7-5-12-10-15-8-9-16-12/h3-4,6,8-10H,2,5,7H2,1H3,(H2,17,18,19,20). The summed E-state index contributed by atoms with van der Waals surface area (Å²) in [6.45, 7) is 2.80. The van der Waals surface area contributed by atoms with E-state index in [-0.39, 0.29) is 0 Å². The van der Waals surface area contributed by atoms with E-state index in [1.54, 1.807) is 24.8 Å². The van der Waals surface area contributed by atoms with Crippen molar-refractivity contribution in [1.82, 2.24) is 20.3 Å². The summed E-state index contributed by atoms with van der Waals surface area (Å²) in [5, 5.41) is 6.84. The molecule has 2 N–H and O–H groups in total. The number of nitrogens with one attached hydrogen (secondary N) is 2. The third-order valence-electron chi connectivity index (χ3n) is 2.79. The number of hydrogen-bond acceptors (Lipinski definition) is 4. The Morgan fingerprint density at radius 1 is 1.25 bits per heavy atom. The maximum Gasteiger partial charge on any atom is 0.171 e. The van der Waals surface area contributed by atoms with Crippen LogP contribution in [-0.2, 0) is 12.8 Å². The second kappa shape index (κ2) is 7.49. The lowest BCUT2D eigenvalue weighted by Crippen LogP contribution is -2.31. The number of thiocarbonyl (C=S) groups is 1. The molecule has 0 atom stereocenters. The van der Waals surface area contributed by atoms with Crippen LogP contribution in [0.15, 0.2) is 36.9 Å². The molecule has 2 rings (SSSR count). The molecule has 104 valence electrons. The minimum atomic E-state index is 0.572. The Labute approximate surface area is 123 Å². The first-order valence-electron chi connectivity index (χ1n) is 6.53. The highest BCUT2D eigenvalue weighted by Crippen LogP contribution is 2.11. The van der Waals surface area contributed by atoms with E-state index in [0.717, 1.165) is 29.9 Å². The molecular weight excluding hydrogens is 270 g/mol. The van der Waals surface area contributed by atoms with Crippen LogP contribution in [0, 0.1) is 0 Å². The molecule has 0 aliphatic rings. The largest absolute Gasteiger partial charge is 0.362 e. The lowest BCUT2D eigenvalue weighted by Gasteiger charge is -2.12. The highest BCUT2D eigenvalue weighted by molar-refractivity contribution is 7.80. The van der Waals surface area contributed by atoms with Gasteiger partial charge in [0.15, 0.2) is 5.11 Å². The molecule has 6 heteroatoms. The van der Waals surface area contributed by atoms with Gasteiger partial charge in [-0.05, 0) is 30.3 Å². The molecule has 5 nitrogen and oxygen atoms in total. The highest BCUT2D eigenvalue weighted by Gasteiger charge is 2.03. The molecule has 2 heterocycles. The first-order valence-corrected chi connectivity index (χ1v) is 6.94. The van der Waals surface area contributed by atoms with Gasteiger partial charge in [0.25, 0.3) is 0 Å². The first kappa shape index (κ1) is 14.3. The number of aromatic nitrogens is 3. The molecule has 0 unspecified atom stereocenters. The third kappa shape index (κ3) is 4.24. The lowest BCUT2D eigenvalue weighted by atomic mass is 10.2. The lowest BCUT2D eigenvalue weighted by molar-refractivity contribution is 0.839. The number of rotatable bonds is 5. The molecule has 0 fully saturated rings. The summed E-state index contributed by atoms with van der Waals surface area (Å²) in [6, 6.07) is 3.96. The van der Waals surface area contributed by atoms with E-state index in [0.29, 0.717) is 11.7 Å².